The molecule has 1 aromatic heterocycles. The first-order valence-electron chi connectivity index (χ1n) is 7.13. The van der Waals surface area contributed by atoms with Crippen LogP contribution in [0.2, 0.25) is 5.02 Å². The normalized spacial score (nSPS) is 11.2. The van der Waals surface area contributed by atoms with Crippen molar-refractivity contribution in [2.45, 2.75) is 0 Å². The first kappa shape index (κ1) is 16.0. The second-order valence-corrected chi connectivity index (χ2v) is 5.69. The first-order valence-corrected chi connectivity index (χ1v) is 7.51. The van der Waals surface area contributed by atoms with Crippen LogP contribution in [0, 0.1) is 0 Å². The van der Waals surface area contributed by atoms with Gasteiger partial charge in [-0.3, -0.25) is 4.79 Å². The number of benzene rings is 2. The monoisotopic (exact) mass is 340 g/mol. The van der Waals surface area contributed by atoms with Crippen molar-refractivity contribution >= 4 is 40.5 Å². The van der Waals surface area contributed by atoms with Crippen molar-refractivity contribution in [2.75, 3.05) is 0 Å². The summed E-state index contributed by atoms with van der Waals surface area (Å²) in [7, 11) is 1.77. The number of aromatic nitrogens is 2. The van der Waals surface area contributed by atoms with E-state index in [1.807, 2.05) is 6.07 Å². The number of allylic oxidation sites excluding steroid dienone is 1. The van der Waals surface area contributed by atoms with Gasteiger partial charge >= 0.3 is 5.97 Å². The number of aryl methyl sites for hydroxylation is 1. The number of carbonyl (C=O) groups is 2. The van der Waals surface area contributed by atoms with Crippen molar-refractivity contribution in [2.24, 2.45) is 7.05 Å². The Kier molecular flexibility index (Phi) is 4.18. The molecular formula is C18H13ClN2O3. The lowest BCUT2D eigenvalue weighted by atomic mass is 10.1. The lowest BCUT2D eigenvalue weighted by Crippen LogP contribution is -2.04. The molecule has 3 rings (SSSR count). The number of carboxylic acid groups (broad SMARTS) is 1. The number of imidazole rings is 1. The van der Waals surface area contributed by atoms with Crippen molar-refractivity contribution in [1.29, 1.82) is 0 Å². The van der Waals surface area contributed by atoms with E-state index in [4.69, 9.17) is 16.7 Å². The summed E-state index contributed by atoms with van der Waals surface area (Å²) in [6.45, 7) is 0. The van der Waals surface area contributed by atoms with E-state index in [2.05, 4.69) is 4.98 Å². The van der Waals surface area contributed by atoms with Crippen LogP contribution in [0.15, 0.2) is 48.5 Å². The summed E-state index contributed by atoms with van der Waals surface area (Å²) in [6.07, 6.45) is 3.04. The van der Waals surface area contributed by atoms with Crippen LogP contribution in [-0.4, -0.2) is 26.4 Å². The van der Waals surface area contributed by atoms with Crippen LogP contribution < -0.4 is 0 Å². The van der Waals surface area contributed by atoms with Gasteiger partial charge in [-0.15, -0.1) is 0 Å². The maximum absolute atomic E-state index is 12.4. The molecule has 0 saturated carbocycles. The Morgan fingerprint density at radius 1 is 1.17 bits per heavy atom. The second kappa shape index (κ2) is 6.29. The lowest BCUT2D eigenvalue weighted by Gasteiger charge is -1.99. The summed E-state index contributed by atoms with van der Waals surface area (Å²) < 4.78 is 1.71. The Hall–Kier alpha value is -2.92. The van der Waals surface area contributed by atoms with Gasteiger partial charge in [0.1, 0.15) is 0 Å². The topological polar surface area (TPSA) is 72.2 Å². The van der Waals surface area contributed by atoms with Gasteiger partial charge in [0.15, 0.2) is 5.82 Å². The van der Waals surface area contributed by atoms with E-state index in [1.165, 1.54) is 18.2 Å². The van der Waals surface area contributed by atoms with Crippen LogP contribution >= 0.6 is 11.6 Å². The maximum Gasteiger partial charge on any atom is 0.335 e. The molecule has 24 heavy (non-hydrogen) atoms. The Morgan fingerprint density at radius 2 is 1.88 bits per heavy atom. The highest BCUT2D eigenvalue weighted by Crippen LogP contribution is 2.20. The minimum Gasteiger partial charge on any atom is -0.478 e. The molecule has 3 aromatic rings. The predicted octanol–water partition coefficient (Wildman–Crippen LogP) is 3.82. The molecule has 0 saturated heterocycles. The average molecular weight is 341 g/mol. The third kappa shape index (κ3) is 3.07. The van der Waals surface area contributed by atoms with Crippen molar-refractivity contribution in [3.8, 4) is 0 Å². The number of ketones is 1. The van der Waals surface area contributed by atoms with Crippen molar-refractivity contribution in [1.82, 2.24) is 9.55 Å². The van der Waals surface area contributed by atoms with Crippen LogP contribution in [0.3, 0.4) is 0 Å². The number of rotatable bonds is 4. The average Bonchev–Trinajstić information content (AvgIpc) is 2.89. The van der Waals surface area contributed by atoms with Gasteiger partial charge in [-0.1, -0.05) is 29.8 Å². The van der Waals surface area contributed by atoms with E-state index in [0.29, 0.717) is 16.4 Å². The molecule has 6 heteroatoms. The Morgan fingerprint density at radius 3 is 2.54 bits per heavy atom. The molecule has 120 valence electrons. The zero-order valence-corrected chi connectivity index (χ0v) is 13.5. The maximum atomic E-state index is 12.4. The number of fused-ring (bicyclic) bond motifs is 1. The van der Waals surface area contributed by atoms with E-state index in [-0.39, 0.29) is 11.3 Å². The van der Waals surface area contributed by atoms with Gasteiger partial charge in [0.25, 0.3) is 0 Å². The quantitative estimate of drug-likeness (QED) is 0.579. The first-order chi connectivity index (χ1) is 11.5. The summed E-state index contributed by atoms with van der Waals surface area (Å²) in [4.78, 5) is 27.5. The third-order valence-electron chi connectivity index (χ3n) is 3.65. The molecule has 0 spiro atoms. The number of hydrogen-bond acceptors (Lipinski definition) is 3. The van der Waals surface area contributed by atoms with Crippen molar-refractivity contribution in [3.05, 3.63) is 70.5 Å². The smallest absolute Gasteiger partial charge is 0.335 e. The zero-order valence-electron chi connectivity index (χ0n) is 12.7. The van der Waals surface area contributed by atoms with Crippen LogP contribution in [0.4, 0.5) is 0 Å². The van der Waals surface area contributed by atoms with Gasteiger partial charge in [0, 0.05) is 12.1 Å². The van der Waals surface area contributed by atoms with Gasteiger partial charge < -0.3 is 9.67 Å². The Balaban J connectivity index is 1.86. The summed E-state index contributed by atoms with van der Waals surface area (Å²) in [5.74, 6) is -0.919. The molecule has 0 aliphatic carbocycles. The van der Waals surface area contributed by atoms with E-state index in [0.717, 1.165) is 11.1 Å². The summed E-state index contributed by atoms with van der Waals surface area (Å²) >= 11 is 5.95. The van der Waals surface area contributed by atoms with E-state index < -0.39 is 5.97 Å². The molecular weight excluding hydrogens is 328 g/mol. The van der Waals surface area contributed by atoms with Crippen LogP contribution in [0.5, 0.6) is 0 Å². The summed E-state index contributed by atoms with van der Waals surface area (Å²) in [5.41, 5.74) is 2.41. The third-order valence-corrected chi connectivity index (χ3v) is 3.88. The fraction of sp³-hybridized carbons (Fsp3) is 0.0556. The molecule has 0 aliphatic heterocycles. The van der Waals surface area contributed by atoms with E-state index >= 15 is 0 Å². The highest BCUT2D eigenvalue weighted by molar-refractivity contribution is 6.31. The molecule has 0 unspecified atom stereocenters. The van der Waals surface area contributed by atoms with E-state index in [9.17, 15) is 9.59 Å². The minimum atomic E-state index is -0.986. The highest BCUT2D eigenvalue weighted by atomic mass is 35.5. The van der Waals surface area contributed by atoms with Crippen LogP contribution in [-0.2, 0) is 7.05 Å². The van der Waals surface area contributed by atoms with Crippen LogP contribution in [0.25, 0.3) is 17.1 Å². The number of halogens is 1. The molecule has 0 amide bonds. The molecule has 0 fully saturated rings. The Bertz CT molecular complexity index is 972. The molecule has 5 nitrogen and oxygen atoms in total. The van der Waals surface area contributed by atoms with Crippen molar-refractivity contribution < 1.29 is 14.7 Å². The standard InChI is InChI=1S/C18H13ClN2O3/c1-21-15-8-7-13(19)10-14(15)20-17(21)16(22)9-4-11-2-5-12(6-3-11)18(23)24/h2-10H,1H3,(H,23,24)/b9-4+. The molecule has 2 aromatic carbocycles. The van der Waals surface area contributed by atoms with Gasteiger partial charge in [0.05, 0.1) is 16.6 Å². The molecule has 0 atom stereocenters. The van der Waals surface area contributed by atoms with Gasteiger partial charge in [-0.05, 0) is 42.0 Å². The molecule has 1 N–H and O–H groups in total. The number of aromatic carboxylic acids is 1. The fourth-order valence-electron chi connectivity index (χ4n) is 2.38. The fourth-order valence-corrected chi connectivity index (χ4v) is 2.54. The van der Waals surface area contributed by atoms with Gasteiger partial charge in [-0.25, -0.2) is 9.78 Å². The molecule has 0 aliphatic rings. The minimum absolute atomic E-state index is 0.200. The second-order valence-electron chi connectivity index (χ2n) is 5.25. The molecule has 1 heterocycles. The Labute approximate surface area is 142 Å². The molecule has 0 radical (unpaired) electrons. The lowest BCUT2D eigenvalue weighted by molar-refractivity contribution is 0.0696. The number of carboxylic acids is 1. The van der Waals surface area contributed by atoms with Crippen molar-refractivity contribution in [3.63, 3.8) is 0 Å². The van der Waals surface area contributed by atoms with Crippen LogP contribution in [0.1, 0.15) is 26.5 Å². The summed E-state index contributed by atoms with van der Waals surface area (Å²) in [6, 6.07) is 11.5. The van der Waals surface area contributed by atoms with E-state index in [1.54, 1.807) is 42.0 Å². The number of carbonyl (C=O) groups excluding carboxylic acids is 1. The highest BCUT2D eigenvalue weighted by Gasteiger charge is 2.13. The zero-order chi connectivity index (χ0) is 17.3. The largest absolute Gasteiger partial charge is 0.478 e. The number of hydrogen-bond donors (Lipinski definition) is 1. The molecule has 0 bridgehead atoms. The summed E-state index contributed by atoms with van der Waals surface area (Å²) in [5, 5.41) is 9.43. The predicted molar refractivity (Wildman–Crippen MR) is 92.5 cm³/mol. The SMILES string of the molecule is Cn1c(C(=O)/C=C/c2ccc(C(=O)O)cc2)nc2cc(Cl)ccc21. The van der Waals surface area contributed by atoms with Gasteiger partial charge in [-0.2, -0.15) is 0 Å². The van der Waals surface area contributed by atoms with Gasteiger partial charge in [0.2, 0.25) is 5.78 Å². The number of nitrogens with zero attached hydrogens (tertiary/aromatic N) is 2.